The molecule has 3 nitrogen and oxygen atoms in total. The van der Waals surface area contributed by atoms with Crippen LogP contribution < -0.4 is 10.6 Å². The van der Waals surface area contributed by atoms with Gasteiger partial charge in [0.25, 0.3) is 0 Å². The van der Waals surface area contributed by atoms with E-state index >= 15 is 0 Å². The van der Waals surface area contributed by atoms with Crippen LogP contribution in [0.2, 0.25) is 0 Å². The van der Waals surface area contributed by atoms with Gasteiger partial charge in [-0.15, -0.1) is 0 Å². The van der Waals surface area contributed by atoms with Crippen LogP contribution in [0.25, 0.3) is 0 Å². The average Bonchev–Trinajstić information content (AvgIpc) is 2.76. The fraction of sp³-hybridized carbons (Fsp3) is 0.120. The monoisotopic (exact) mass is 401 g/mol. The number of aliphatic imine (C=N–C) groups is 1. The highest BCUT2D eigenvalue weighted by Gasteiger charge is 2.16. The summed E-state index contributed by atoms with van der Waals surface area (Å²) in [5.74, 6) is 1.60. The lowest BCUT2D eigenvalue weighted by Crippen LogP contribution is -2.12. The van der Waals surface area contributed by atoms with Crippen molar-refractivity contribution in [1.29, 1.82) is 0 Å². The van der Waals surface area contributed by atoms with E-state index in [0.717, 1.165) is 27.4 Å². The largest absolute Gasteiger partial charge is 0.465 e. The van der Waals surface area contributed by atoms with Crippen molar-refractivity contribution in [2.45, 2.75) is 13.8 Å². The van der Waals surface area contributed by atoms with Crippen LogP contribution >= 0.6 is 7.92 Å². The molecule has 0 fully saturated rings. The van der Waals surface area contributed by atoms with E-state index in [-0.39, 0.29) is 5.97 Å². The van der Waals surface area contributed by atoms with Gasteiger partial charge in [0, 0.05) is 6.21 Å². The van der Waals surface area contributed by atoms with Crippen molar-refractivity contribution in [3.8, 4) is 0 Å². The minimum atomic E-state index is -0.878. The third-order valence-electron chi connectivity index (χ3n) is 4.53. The molecule has 146 valence electrons. The maximum absolute atomic E-state index is 12.5. The molecule has 0 spiro atoms. The standard InChI is InChI=1S/C25H24NO2P/c1-19-11-10-12-20(2)24(19)26-17-21(25(27)28-3)18-29(22-13-6-4-7-14-22)23-15-8-5-9-16-23/h4-18H,1-3H3/b21-18+,26-17?. The van der Waals surface area contributed by atoms with Gasteiger partial charge < -0.3 is 4.74 Å². The Morgan fingerprint density at radius 3 is 1.83 bits per heavy atom. The molecular formula is C25H24NO2P. The molecule has 0 bridgehead atoms. The van der Waals surface area contributed by atoms with Crippen molar-refractivity contribution < 1.29 is 9.53 Å². The van der Waals surface area contributed by atoms with E-state index in [1.165, 1.54) is 7.11 Å². The van der Waals surface area contributed by atoms with E-state index in [0.29, 0.717) is 5.57 Å². The molecule has 0 unspecified atom stereocenters. The molecule has 29 heavy (non-hydrogen) atoms. The van der Waals surface area contributed by atoms with Gasteiger partial charge >= 0.3 is 5.97 Å². The second-order valence-corrected chi connectivity index (χ2v) is 8.65. The zero-order valence-electron chi connectivity index (χ0n) is 16.9. The van der Waals surface area contributed by atoms with Crippen molar-refractivity contribution in [3.05, 3.63) is 101 Å². The number of methoxy groups -OCH3 is 1. The molecular weight excluding hydrogens is 377 g/mol. The lowest BCUT2D eigenvalue weighted by atomic mass is 10.1. The summed E-state index contributed by atoms with van der Waals surface area (Å²) in [6, 6.07) is 26.5. The Morgan fingerprint density at radius 2 is 1.34 bits per heavy atom. The van der Waals surface area contributed by atoms with E-state index in [2.05, 4.69) is 29.3 Å². The fourth-order valence-corrected chi connectivity index (χ4v) is 5.05. The first-order valence-corrected chi connectivity index (χ1v) is 10.8. The summed E-state index contributed by atoms with van der Waals surface area (Å²) >= 11 is 0. The normalized spacial score (nSPS) is 11.8. The molecule has 0 atom stereocenters. The van der Waals surface area contributed by atoms with Gasteiger partial charge in [-0.2, -0.15) is 0 Å². The highest BCUT2D eigenvalue weighted by atomic mass is 31.1. The van der Waals surface area contributed by atoms with E-state index < -0.39 is 7.92 Å². The summed E-state index contributed by atoms with van der Waals surface area (Å²) in [5, 5.41) is 2.33. The van der Waals surface area contributed by atoms with Gasteiger partial charge in [-0.3, -0.25) is 4.99 Å². The molecule has 3 aromatic carbocycles. The first-order chi connectivity index (χ1) is 14.1. The SMILES string of the molecule is COC(=O)/C(C=Nc1c(C)cccc1C)=C/P(c1ccccc1)c1ccccc1. The number of hydrogen-bond donors (Lipinski definition) is 0. The van der Waals surface area contributed by atoms with Gasteiger partial charge in [0.05, 0.1) is 18.4 Å². The van der Waals surface area contributed by atoms with E-state index in [1.807, 2.05) is 74.3 Å². The summed E-state index contributed by atoms with van der Waals surface area (Å²) in [6.07, 6.45) is 1.63. The predicted molar refractivity (Wildman–Crippen MR) is 123 cm³/mol. The zero-order valence-corrected chi connectivity index (χ0v) is 17.8. The predicted octanol–water partition coefficient (Wildman–Crippen LogP) is 5.20. The smallest absolute Gasteiger partial charge is 0.339 e. The lowest BCUT2D eigenvalue weighted by Gasteiger charge is -2.15. The molecule has 0 saturated heterocycles. The number of esters is 1. The molecule has 0 aliphatic carbocycles. The van der Waals surface area contributed by atoms with Crippen LogP contribution in [0.1, 0.15) is 11.1 Å². The molecule has 0 radical (unpaired) electrons. The van der Waals surface area contributed by atoms with Gasteiger partial charge in [0.2, 0.25) is 0 Å². The van der Waals surface area contributed by atoms with Gasteiger partial charge in [0.15, 0.2) is 0 Å². The molecule has 4 heteroatoms. The van der Waals surface area contributed by atoms with Gasteiger partial charge in [-0.1, -0.05) is 78.9 Å². The second kappa shape index (κ2) is 9.95. The molecule has 0 N–H and O–H groups in total. The maximum atomic E-state index is 12.5. The molecule has 0 aromatic heterocycles. The number of rotatable bonds is 6. The van der Waals surface area contributed by atoms with Crippen LogP contribution in [0.5, 0.6) is 0 Å². The molecule has 0 heterocycles. The molecule has 0 saturated carbocycles. The Balaban J connectivity index is 2.07. The summed E-state index contributed by atoms with van der Waals surface area (Å²) in [4.78, 5) is 17.2. The third-order valence-corrected chi connectivity index (χ3v) is 6.78. The first-order valence-electron chi connectivity index (χ1n) is 9.40. The third kappa shape index (κ3) is 5.28. The van der Waals surface area contributed by atoms with Gasteiger partial charge in [0.1, 0.15) is 0 Å². The number of para-hydroxylation sites is 1. The van der Waals surface area contributed by atoms with Crippen LogP contribution in [-0.4, -0.2) is 19.3 Å². The van der Waals surface area contributed by atoms with Gasteiger partial charge in [-0.05, 0) is 49.3 Å². The van der Waals surface area contributed by atoms with Crippen LogP contribution in [0.4, 0.5) is 5.69 Å². The lowest BCUT2D eigenvalue weighted by molar-refractivity contribution is -0.135. The number of hydrogen-bond acceptors (Lipinski definition) is 3. The molecule has 0 aliphatic rings. The van der Waals surface area contributed by atoms with Crippen molar-refractivity contribution in [2.75, 3.05) is 7.11 Å². The Kier molecular flexibility index (Phi) is 7.10. The number of carbonyl (C=O) groups excluding carboxylic acids is 1. The summed E-state index contributed by atoms with van der Waals surface area (Å²) in [6.45, 7) is 4.03. The Morgan fingerprint density at radius 1 is 0.828 bits per heavy atom. The number of ether oxygens (including phenoxy) is 1. The summed E-state index contributed by atoms with van der Waals surface area (Å²) in [5.41, 5.74) is 3.47. The van der Waals surface area contributed by atoms with E-state index in [4.69, 9.17) is 4.74 Å². The van der Waals surface area contributed by atoms with Crippen LogP contribution in [0.15, 0.2) is 95.2 Å². The van der Waals surface area contributed by atoms with Crippen molar-refractivity contribution >= 4 is 36.4 Å². The highest BCUT2D eigenvalue weighted by Crippen LogP contribution is 2.36. The van der Waals surface area contributed by atoms with Crippen molar-refractivity contribution in [1.82, 2.24) is 0 Å². The van der Waals surface area contributed by atoms with Crippen LogP contribution in [-0.2, 0) is 9.53 Å². The number of aryl methyl sites for hydroxylation is 2. The minimum absolute atomic E-state index is 0.389. The van der Waals surface area contributed by atoms with Gasteiger partial charge in [-0.25, -0.2) is 4.79 Å². The maximum Gasteiger partial charge on any atom is 0.339 e. The molecule has 0 amide bonds. The zero-order chi connectivity index (χ0) is 20.6. The molecule has 0 aliphatic heterocycles. The topological polar surface area (TPSA) is 38.7 Å². The quantitative estimate of drug-likeness (QED) is 0.247. The van der Waals surface area contributed by atoms with Crippen LogP contribution in [0, 0.1) is 13.8 Å². The highest BCUT2D eigenvalue weighted by molar-refractivity contribution is 7.75. The average molecular weight is 401 g/mol. The second-order valence-electron chi connectivity index (χ2n) is 6.62. The van der Waals surface area contributed by atoms with Crippen molar-refractivity contribution in [3.63, 3.8) is 0 Å². The van der Waals surface area contributed by atoms with Crippen LogP contribution in [0.3, 0.4) is 0 Å². The van der Waals surface area contributed by atoms with E-state index in [9.17, 15) is 4.79 Å². The Bertz CT molecular complexity index is 967. The molecule has 3 rings (SSSR count). The van der Waals surface area contributed by atoms with E-state index in [1.54, 1.807) is 6.21 Å². The summed E-state index contributed by atoms with van der Waals surface area (Å²) < 4.78 is 5.05. The Hall–Kier alpha value is -3.03. The Labute approximate surface area is 173 Å². The number of nitrogens with zero attached hydrogens (tertiary/aromatic N) is 1. The summed E-state index contributed by atoms with van der Waals surface area (Å²) in [7, 11) is 0.521. The molecule has 3 aromatic rings. The fourth-order valence-electron chi connectivity index (χ4n) is 3.01. The number of benzene rings is 3. The number of carbonyl (C=O) groups is 1. The van der Waals surface area contributed by atoms with Crippen molar-refractivity contribution in [2.24, 2.45) is 4.99 Å². The minimum Gasteiger partial charge on any atom is -0.465 e. The first kappa shape index (κ1) is 20.7.